The maximum atomic E-state index is 5.92. The maximum absolute atomic E-state index is 5.92. The molecule has 1 aromatic heterocycles. The molecule has 0 aliphatic carbocycles. The summed E-state index contributed by atoms with van der Waals surface area (Å²) in [5, 5.41) is 8.00. The molecule has 0 amide bonds. The summed E-state index contributed by atoms with van der Waals surface area (Å²) in [6, 6.07) is 16.8. The highest BCUT2D eigenvalue weighted by Gasteiger charge is 2.07. The first kappa shape index (κ1) is 25.0. The lowest BCUT2D eigenvalue weighted by Gasteiger charge is -2.15. The van der Waals surface area contributed by atoms with Crippen molar-refractivity contribution in [3.05, 3.63) is 65.4 Å². The van der Waals surface area contributed by atoms with Gasteiger partial charge in [0.05, 0.1) is 6.61 Å². The number of benzene rings is 2. The Balaban J connectivity index is 0.00000341. The normalized spacial score (nSPS) is 11.3. The van der Waals surface area contributed by atoms with Gasteiger partial charge in [-0.15, -0.1) is 24.0 Å². The summed E-state index contributed by atoms with van der Waals surface area (Å²) >= 11 is 0. The van der Waals surface area contributed by atoms with Gasteiger partial charge in [-0.1, -0.05) is 30.3 Å². The van der Waals surface area contributed by atoms with E-state index in [1.807, 2.05) is 13.0 Å². The summed E-state index contributed by atoms with van der Waals surface area (Å²) in [4.78, 5) is 7.79. The topological polar surface area (TPSA) is 70.7 Å². The number of hydrogen-bond acceptors (Lipinski definition) is 3. The summed E-state index contributed by atoms with van der Waals surface area (Å²) in [7, 11) is 1.78. The van der Waals surface area contributed by atoms with Crippen LogP contribution in [0.2, 0.25) is 0 Å². The first-order chi connectivity index (χ1) is 14.7. The van der Waals surface area contributed by atoms with Crippen molar-refractivity contribution in [2.45, 2.75) is 26.8 Å². The lowest BCUT2D eigenvalue weighted by molar-refractivity contribution is 0.110. The van der Waals surface area contributed by atoms with Crippen LogP contribution in [0.1, 0.15) is 23.7 Å². The van der Waals surface area contributed by atoms with E-state index in [0.29, 0.717) is 26.4 Å². The molecule has 0 aliphatic heterocycles. The van der Waals surface area contributed by atoms with Crippen LogP contribution in [0.15, 0.2) is 53.5 Å². The van der Waals surface area contributed by atoms with E-state index in [0.717, 1.165) is 30.2 Å². The van der Waals surface area contributed by atoms with Gasteiger partial charge in [-0.2, -0.15) is 0 Å². The minimum atomic E-state index is 0. The number of nitrogens with one attached hydrogen (secondary N) is 3. The van der Waals surface area contributed by atoms with Crippen molar-refractivity contribution in [2.75, 3.05) is 33.4 Å². The van der Waals surface area contributed by atoms with Crippen LogP contribution in [-0.4, -0.2) is 44.4 Å². The summed E-state index contributed by atoms with van der Waals surface area (Å²) in [5.41, 5.74) is 4.65. The Hall–Kier alpha value is -2.26. The molecule has 0 fully saturated rings. The highest BCUT2D eigenvalue weighted by Crippen LogP contribution is 2.20. The fourth-order valence-corrected chi connectivity index (χ4v) is 3.28. The smallest absolute Gasteiger partial charge is 0.191 e. The molecule has 6 nitrogen and oxygen atoms in total. The minimum Gasteiger partial charge on any atom is -0.491 e. The molecule has 3 aromatic rings. The van der Waals surface area contributed by atoms with Crippen LogP contribution in [-0.2, 0) is 17.7 Å². The maximum Gasteiger partial charge on any atom is 0.191 e. The summed E-state index contributed by atoms with van der Waals surface area (Å²) in [6.45, 7) is 7.31. The van der Waals surface area contributed by atoms with Crippen molar-refractivity contribution >= 4 is 40.8 Å². The number of halogens is 1. The molecule has 168 valence electrons. The summed E-state index contributed by atoms with van der Waals surface area (Å²) in [6.07, 6.45) is 0.895. The zero-order valence-electron chi connectivity index (χ0n) is 18.5. The van der Waals surface area contributed by atoms with E-state index in [2.05, 4.69) is 70.0 Å². The Morgan fingerprint density at radius 3 is 2.68 bits per heavy atom. The number of rotatable bonds is 10. The number of aromatic amines is 1. The molecule has 0 spiro atoms. The fourth-order valence-electron chi connectivity index (χ4n) is 3.28. The Kier molecular flexibility index (Phi) is 10.7. The molecule has 0 unspecified atom stereocenters. The van der Waals surface area contributed by atoms with E-state index in [-0.39, 0.29) is 24.0 Å². The van der Waals surface area contributed by atoms with Gasteiger partial charge in [0, 0.05) is 49.9 Å². The van der Waals surface area contributed by atoms with Crippen molar-refractivity contribution < 1.29 is 9.47 Å². The highest BCUT2D eigenvalue weighted by molar-refractivity contribution is 14.0. The molecule has 0 radical (unpaired) electrons. The lowest BCUT2D eigenvalue weighted by atomic mass is 10.1. The van der Waals surface area contributed by atoms with Crippen LogP contribution >= 0.6 is 24.0 Å². The second-order valence-corrected chi connectivity index (χ2v) is 7.14. The quantitative estimate of drug-likeness (QED) is 0.155. The molecular weight excluding hydrogens is 503 g/mol. The van der Waals surface area contributed by atoms with Gasteiger partial charge in [0.15, 0.2) is 5.96 Å². The van der Waals surface area contributed by atoms with Gasteiger partial charge in [0.25, 0.3) is 0 Å². The van der Waals surface area contributed by atoms with E-state index in [4.69, 9.17) is 9.47 Å². The highest BCUT2D eigenvalue weighted by atomic mass is 127. The molecule has 3 N–H and O–H groups in total. The molecule has 0 atom stereocenters. The number of H-pyrrole nitrogens is 1. The van der Waals surface area contributed by atoms with Gasteiger partial charge in [-0.05, 0) is 43.0 Å². The Morgan fingerprint density at radius 2 is 1.90 bits per heavy atom. The van der Waals surface area contributed by atoms with Gasteiger partial charge < -0.3 is 25.1 Å². The van der Waals surface area contributed by atoms with Gasteiger partial charge in [0.1, 0.15) is 12.4 Å². The summed E-state index contributed by atoms with van der Waals surface area (Å²) < 4.78 is 11.3. The largest absolute Gasteiger partial charge is 0.491 e. The number of para-hydroxylation sites is 1. The molecule has 0 aliphatic rings. The van der Waals surface area contributed by atoms with Gasteiger partial charge >= 0.3 is 0 Å². The van der Waals surface area contributed by atoms with E-state index in [1.54, 1.807) is 7.05 Å². The number of fused-ring (bicyclic) bond motifs is 1. The third kappa shape index (κ3) is 7.74. The van der Waals surface area contributed by atoms with E-state index >= 15 is 0 Å². The number of aromatic nitrogens is 1. The molecule has 7 heteroatoms. The van der Waals surface area contributed by atoms with Crippen LogP contribution in [0.3, 0.4) is 0 Å². The van der Waals surface area contributed by atoms with Crippen molar-refractivity contribution in [3.63, 3.8) is 0 Å². The minimum absolute atomic E-state index is 0. The van der Waals surface area contributed by atoms with Gasteiger partial charge in [-0.3, -0.25) is 4.99 Å². The first-order valence-corrected chi connectivity index (χ1v) is 10.5. The average Bonchev–Trinajstić information content (AvgIpc) is 3.17. The van der Waals surface area contributed by atoms with Crippen LogP contribution in [0.4, 0.5) is 0 Å². The molecule has 3 rings (SSSR count). The number of hydrogen-bond donors (Lipinski definition) is 3. The van der Waals surface area contributed by atoms with Crippen molar-refractivity contribution in [3.8, 4) is 5.75 Å². The van der Waals surface area contributed by atoms with Gasteiger partial charge in [-0.25, -0.2) is 0 Å². The number of guanidine groups is 1. The van der Waals surface area contributed by atoms with Crippen LogP contribution < -0.4 is 15.4 Å². The molecule has 0 saturated heterocycles. The Labute approximate surface area is 201 Å². The monoisotopic (exact) mass is 536 g/mol. The second kappa shape index (κ2) is 13.2. The van der Waals surface area contributed by atoms with E-state index < -0.39 is 0 Å². The molecule has 0 saturated carbocycles. The zero-order chi connectivity index (χ0) is 21.2. The van der Waals surface area contributed by atoms with Crippen molar-refractivity contribution in [1.29, 1.82) is 0 Å². The second-order valence-electron chi connectivity index (χ2n) is 7.14. The lowest BCUT2D eigenvalue weighted by Crippen LogP contribution is -2.38. The Morgan fingerprint density at radius 1 is 1.06 bits per heavy atom. The van der Waals surface area contributed by atoms with Crippen molar-refractivity contribution in [1.82, 2.24) is 15.6 Å². The summed E-state index contributed by atoms with van der Waals surface area (Å²) in [5.74, 6) is 1.66. The Bertz CT molecular complexity index is 938. The standard InChI is InChI=1S/C24H32N4O2.HI/c1-4-29-13-14-30-23-15-18(2)9-10-20(23)17-27-24(25-3)26-12-11-21-16-19-7-5-6-8-22(19)28-21;/h5-10,15-16,28H,4,11-14,17H2,1-3H3,(H2,25,26,27);1H. The van der Waals surface area contributed by atoms with Crippen LogP contribution in [0.5, 0.6) is 5.75 Å². The average molecular weight is 536 g/mol. The number of ether oxygens (including phenoxy) is 2. The molecule has 0 bridgehead atoms. The first-order valence-electron chi connectivity index (χ1n) is 10.5. The van der Waals surface area contributed by atoms with E-state index in [9.17, 15) is 0 Å². The van der Waals surface area contributed by atoms with Gasteiger partial charge in [0.2, 0.25) is 0 Å². The molecule has 2 aromatic carbocycles. The number of nitrogens with zero attached hydrogens (tertiary/aromatic N) is 1. The predicted molar refractivity (Wildman–Crippen MR) is 139 cm³/mol. The zero-order valence-corrected chi connectivity index (χ0v) is 20.9. The van der Waals surface area contributed by atoms with Crippen LogP contribution in [0, 0.1) is 6.92 Å². The fraction of sp³-hybridized carbons (Fsp3) is 0.375. The number of aryl methyl sites for hydroxylation is 1. The third-order valence-corrected chi connectivity index (χ3v) is 4.85. The SMILES string of the molecule is CCOCCOc1cc(C)ccc1CNC(=NC)NCCc1cc2ccccc2[nH]1.I. The predicted octanol–water partition coefficient (Wildman–Crippen LogP) is 4.42. The third-order valence-electron chi connectivity index (χ3n) is 4.85. The molecule has 1 heterocycles. The van der Waals surface area contributed by atoms with Crippen molar-refractivity contribution in [2.24, 2.45) is 4.99 Å². The van der Waals surface area contributed by atoms with Crippen LogP contribution in [0.25, 0.3) is 10.9 Å². The molecular formula is C24H33IN4O2. The molecule has 31 heavy (non-hydrogen) atoms. The van der Waals surface area contributed by atoms with E-state index in [1.165, 1.54) is 22.2 Å². The number of aliphatic imine (C=N–C) groups is 1.